The molecule has 0 radical (unpaired) electrons. The Hall–Kier alpha value is -1.63. The van der Waals surface area contributed by atoms with Crippen molar-refractivity contribution < 1.29 is 9.21 Å². The number of amides is 1. The second kappa shape index (κ2) is 4.93. The summed E-state index contributed by atoms with van der Waals surface area (Å²) in [4.78, 5) is 12.1. The molecule has 1 N–H and O–H groups in total. The first-order valence-electron chi connectivity index (χ1n) is 5.46. The van der Waals surface area contributed by atoms with Crippen LogP contribution < -0.4 is 5.32 Å². The minimum absolute atomic E-state index is 0.102. The molecule has 0 atom stereocenters. The molecule has 0 saturated carbocycles. The van der Waals surface area contributed by atoms with Crippen molar-refractivity contribution in [3.8, 4) is 0 Å². The first-order valence-corrected chi connectivity index (χ1v) is 6.25. The standard InChI is InChI=1S/C11H13BrN4O2/c1-6(2)16-5-8(12)4-9(16)10(17)13-11-15-14-7(3)18-11/h4-6H,1-3H3,(H,13,15,17). The van der Waals surface area contributed by atoms with Crippen molar-refractivity contribution in [2.75, 3.05) is 5.32 Å². The van der Waals surface area contributed by atoms with Crippen LogP contribution in [0.2, 0.25) is 0 Å². The lowest BCUT2D eigenvalue weighted by Crippen LogP contribution is -2.17. The number of aromatic nitrogens is 3. The molecule has 6 nitrogen and oxygen atoms in total. The van der Waals surface area contributed by atoms with E-state index in [1.54, 1.807) is 13.0 Å². The summed E-state index contributed by atoms with van der Waals surface area (Å²) in [6.07, 6.45) is 1.86. The Labute approximate surface area is 113 Å². The summed E-state index contributed by atoms with van der Waals surface area (Å²) in [5.41, 5.74) is 0.535. The van der Waals surface area contributed by atoms with E-state index < -0.39 is 0 Å². The predicted octanol–water partition coefficient (Wildman–Crippen LogP) is 2.78. The van der Waals surface area contributed by atoms with Crippen LogP contribution >= 0.6 is 15.9 Å². The van der Waals surface area contributed by atoms with E-state index in [9.17, 15) is 4.79 Å². The van der Waals surface area contributed by atoms with E-state index in [1.807, 2.05) is 24.6 Å². The van der Waals surface area contributed by atoms with E-state index in [0.29, 0.717) is 11.6 Å². The van der Waals surface area contributed by atoms with Gasteiger partial charge in [-0.1, -0.05) is 5.10 Å². The first kappa shape index (κ1) is 12.8. The number of rotatable bonds is 3. The number of nitrogens with zero attached hydrogens (tertiary/aromatic N) is 3. The number of aryl methyl sites for hydroxylation is 1. The number of hydrogen-bond acceptors (Lipinski definition) is 4. The van der Waals surface area contributed by atoms with Crippen LogP contribution in [0, 0.1) is 6.92 Å². The van der Waals surface area contributed by atoms with E-state index in [-0.39, 0.29) is 18.0 Å². The molecule has 1 amide bonds. The molecule has 0 bridgehead atoms. The van der Waals surface area contributed by atoms with Crippen LogP contribution in [0.5, 0.6) is 0 Å². The maximum absolute atomic E-state index is 12.1. The van der Waals surface area contributed by atoms with Crippen LogP contribution in [0.25, 0.3) is 0 Å². The van der Waals surface area contributed by atoms with Crippen molar-refractivity contribution in [2.45, 2.75) is 26.8 Å². The number of halogens is 1. The van der Waals surface area contributed by atoms with Gasteiger partial charge < -0.3 is 8.98 Å². The maximum Gasteiger partial charge on any atom is 0.322 e. The fourth-order valence-electron chi connectivity index (χ4n) is 1.56. The second-order valence-electron chi connectivity index (χ2n) is 4.12. The van der Waals surface area contributed by atoms with Gasteiger partial charge in [-0.25, -0.2) is 0 Å². The molecule has 2 aromatic rings. The number of anilines is 1. The summed E-state index contributed by atoms with van der Waals surface area (Å²) in [5.74, 6) is 0.128. The topological polar surface area (TPSA) is 73.0 Å². The van der Waals surface area contributed by atoms with Gasteiger partial charge >= 0.3 is 6.01 Å². The summed E-state index contributed by atoms with van der Waals surface area (Å²) < 4.78 is 7.82. The van der Waals surface area contributed by atoms with Gasteiger partial charge in [-0.15, -0.1) is 5.10 Å². The van der Waals surface area contributed by atoms with Crippen molar-refractivity contribution in [1.29, 1.82) is 0 Å². The van der Waals surface area contributed by atoms with Gasteiger partial charge in [0.1, 0.15) is 5.69 Å². The zero-order valence-corrected chi connectivity index (χ0v) is 11.9. The SMILES string of the molecule is Cc1nnc(NC(=O)c2cc(Br)cn2C(C)C)o1. The van der Waals surface area contributed by atoms with Gasteiger partial charge in [0.15, 0.2) is 0 Å². The Morgan fingerprint density at radius 3 is 2.78 bits per heavy atom. The summed E-state index contributed by atoms with van der Waals surface area (Å²) in [6, 6.07) is 2.03. The highest BCUT2D eigenvalue weighted by Crippen LogP contribution is 2.20. The Kier molecular flexibility index (Phi) is 3.51. The van der Waals surface area contributed by atoms with Gasteiger partial charge in [0.2, 0.25) is 5.89 Å². The number of carbonyl (C=O) groups excluding carboxylic acids is 1. The van der Waals surface area contributed by atoms with Crippen molar-refractivity contribution in [2.24, 2.45) is 0 Å². The Bertz CT molecular complexity index is 573. The third kappa shape index (κ3) is 2.61. The van der Waals surface area contributed by atoms with Gasteiger partial charge in [0.25, 0.3) is 5.91 Å². The van der Waals surface area contributed by atoms with Crippen LogP contribution in [0.1, 0.15) is 36.3 Å². The lowest BCUT2D eigenvalue weighted by atomic mass is 10.3. The van der Waals surface area contributed by atoms with Crippen LogP contribution in [-0.2, 0) is 0 Å². The predicted molar refractivity (Wildman–Crippen MR) is 69.5 cm³/mol. The Morgan fingerprint density at radius 1 is 1.50 bits per heavy atom. The molecule has 2 heterocycles. The van der Waals surface area contributed by atoms with Crippen molar-refractivity contribution in [3.05, 3.63) is 28.3 Å². The molecule has 7 heteroatoms. The lowest BCUT2D eigenvalue weighted by molar-refractivity contribution is 0.101. The van der Waals surface area contributed by atoms with Crippen molar-refractivity contribution >= 4 is 27.9 Å². The molecule has 0 aromatic carbocycles. The van der Waals surface area contributed by atoms with Gasteiger partial charge in [-0.3, -0.25) is 10.1 Å². The molecule has 0 unspecified atom stereocenters. The van der Waals surface area contributed by atoms with Crippen LogP contribution in [0.3, 0.4) is 0 Å². The molecule has 0 aliphatic heterocycles. The highest BCUT2D eigenvalue weighted by Gasteiger charge is 2.17. The van der Waals surface area contributed by atoms with E-state index >= 15 is 0 Å². The normalized spacial score (nSPS) is 10.9. The van der Waals surface area contributed by atoms with E-state index in [1.165, 1.54) is 0 Å². The van der Waals surface area contributed by atoms with E-state index in [4.69, 9.17) is 4.42 Å². The van der Waals surface area contributed by atoms with Crippen LogP contribution in [0.15, 0.2) is 21.2 Å². The Morgan fingerprint density at radius 2 is 2.22 bits per heavy atom. The average molecular weight is 313 g/mol. The smallest absolute Gasteiger partial charge is 0.322 e. The monoisotopic (exact) mass is 312 g/mol. The molecule has 18 heavy (non-hydrogen) atoms. The van der Waals surface area contributed by atoms with Crippen LogP contribution in [-0.4, -0.2) is 20.7 Å². The van der Waals surface area contributed by atoms with Crippen molar-refractivity contribution in [3.63, 3.8) is 0 Å². The average Bonchev–Trinajstić information content (AvgIpc) is 2.85. The zero-order valence-electron chi connectivity index (χ0n) is 10.3. The maximum atomic E-state index is 12.1. The molecule has 2 aromatic heterocycles. The van der Waals surface area contributed by atoms with Gasteiger partial charge in [-0.05, 0) is 35.8 Å². The highest BCUT2D eigenvalue weighted by molar-refractivity contribution is 9.10. The molecule has 0 fully saturated rings. The quantitative estimate of drug-likeness (QED) is 0.945. The fourth-order valence-corrected chi connectivity index (χ4v) is 2.00. The van der Waals surface area contributed by atoms with Gasteiger partial charge in [0.05, 0.1) is 0 Å². The third-order valence-electron chi connectivity index (χ3n) is 2.35. The molecule has 0 aliphatic carbocycles. The summed E-state index contributed by atoms with van der Waals surface area (Å²) in [6.45, 7) is 5.66. The largest absolute Gasteiger partial charge is 0.408 e. The third-order valence-corrected chi connectivity index (χ3v) is 2.78. The van der Waals surface area contributed by atoms with Gasteiger partial charge in [-0.2, -0.15) is 0 Å². The number of carbonyl (C=O) groups is 1. The van der Waals surface area contributed by atoms with E-state index in [2.05, 4.69) is 31.4 Å². The summed E-state index contributed by atoms with van der Waals surface area (Å²) >= 11 is 3.36. The molecule has 0 aliphatic rings. The molecular weight excluding hydrogens is 300 g/mol. The molecular formula is C11H13BrN4O2. The fraction of sp³-hybridized carbons (Fsp3) is 0.364. The summed E-state index contributed by atoms with van der Waals surface area (Å²) in [7, 11) is 0. The van der Waals surface area contributed by atoms with E-state index in [0.717, 1.165) is 4.47 Å². The molecule has 96 valence electrons. The molecule has 0 spiro atoms. The molecule has 0 saturated heterocycles. The Balaban J connectivity index is 2.23. The second-order valence-corrected chi connectivity index (χ2v) is 5.04. The number of hydrogen-bond donors (Lipinski definition) is 1. The lowest BCUT2D eigenvalue weighted by Gasteiger charge is -2.11. The summed E-state index contributed by atoms with van der Waals surface area (Å²) in [5, 5.41) is 9.94. The number of nitrogens with one attached hydrogen (secondary N) is 1. The van der Waals surface area contributed by atoms with Gasteiger partial charge in [0, 0.05) is 23.6 Å². The van der Waals surface area contributed by atoms with Crippen molar-refractivity contribution in [1.82, 2.24) is 14.8 Å². The highest BCUT2D eigenvalue weighted by atomic mass is 79.9. The zero-order chi connectivity index (χ0) is 13.3. The minimum atomic E-state index is -0.280. The molecule has 2 rings (SSSR count). The first-order chi connectivity index (χ1) is 8.47. The minimum Gasteiger partial charge on any atom is -0.408 e. The van der Waals surface area contributed by atoms with Crippen LogP contribution in [0.4, 0.5) is 6.01 Å².